The third-order valence-electron chi connectivity index (χ3n) is 9.73. The molecular formula is C40H46N4O5. The second-order valence-electron chi connectivity index (χ2n) is 13.3. The SMILES string of the molecule is O=C(Nc1ccc(Oc2ccccc2)cc1)Nc1cccc([C@@H]2O[C@H](CN3CCC[C@H]3CN3CCCC3)C[C@H](c3ccc(CO)cc3)O2)c1. The summed E-state index contributed by atoms with van der Waals surface area (Å²) in [5.74, 6) is 1.44. The number of amides is 2. The van der Waals surface area contributed by atoms with Crippen LogP contribution in [-0.4, -0.2) is 65.8 Å². The van der Waals surface area contributed by atoms with Crippen LogP contribution in [0.4, 0.5) is 16.2 Å². The highest BCUT2D eigenvalue weighted by atomic mass is 16.7. The Kier molecular flexibility index (Phi) is 10.8. The molecule has 4 aromatic carbocycles. The quantitative estimate of drug-likeness (QED) is 0.151. The summed E-state index contributed by atoms with van der Waals surface area (Å²) >= 11 is 0. The normalized spacial score (nSPS) is 23.0. The molecule has 4 atom stereocenters. The van der Waals surface area contributed by atoms with Gasteiger partial charge in [-0.25, -0.2) is 4.79 Å². The Labute approximate surface area is 288 Å². The average Bonchev–Trinajstić information content (AvgIpc) is 3.82. The Bertz CT molecular complexity index is 1650. The molecule has 0 saturated carbocycles. The van der Waals surface area contributed by atoms with Crippen LogP contribution in [0.25, 0.3) is 0 Å². The topological polar surface area (TPSA) is 95.5 Å². The van der Waals surface area contributed by atoms with E-state index < -0.39 is 6.29 Å². The zero-order valence-electron chi connectivity index (χ0n) is 27.9. The van der Waals surface area contributed by atoms with E-state index in [9.17, 15) is 9.90 Å². The molecule has 4 aromatic rings. The van der Waals surface area contributed by atoms with Crippen molar-refractivity contribution >= 4 is 17.4 Å². The maximum absolute atomic E-state index is 13.0. The molecule has 3 aliphatic heterocycles. The molecule has 3 saturated heterocycles. The Hall–Kier alpha value is -4.25. The molecule has 0 bridgehead atoms. The van der Waals surface area contributed by atoms with E-state index in [1.807, 2.05) is 91.0 Å². The minimum atomic E-state index is -0.595. The smallest absolute Gasteiger partial charge is 0.323 e. The Balaban J connectivity index is 1.02. The minimum Gasteiger partial charge on any atom is -0.457 e. The zero-order chi connectivity index (χ0) is 33.4. The summed E-state index contributed by atoms with van der Waals surface area (Å²) in [6.45, 7) is 5.53. The first-order valence-corrected chi connectivity index (χ1v) is 17.6. The Morgan fingerprint density at radius 3 is 2.29 bits per heavy atom. The average molecular weight is 663 g/mol. The number of anilines is 2. The fourth-order valence-corrected chi connectivity index (χ4v) is 7.19. The number of hydrogen-bond acceptors (Lipinski definition) is 7. The minimum absolute atomic E-state index is 0.00881. The van der Waals surface area contributed by atoms with Crippen molar-refractivity contribution in [2.45, 2.75) is 63.3 Å². The summed E-state index contributed by atoms with van der Waals surface area (Å²) in [6.07, 6.45) is 5.04. The van der Waals surface area contributed by atoms with E-state index in [0.717, 1.165) is 48.5 Å². The largest absolute Gasteiger partial charge is 0.457 e. The van der Waals surface area contributed by atoms with E-state index in [1.165, 1.54) is 38.8 Å². The number of nitrogens with one attached hydrogen (secondary N) is 2. The molecular weight excluding hydrogens is 616 g/mol. The summed E-state index contributed by atoms with van der Waals surface area (Å²) in [5, 5.41) is 15.5. The van der Waals surface area contributed by atoms with Crippen molar-refractivity contribution in [2.24, 2.45) is 0 Å². The van der Waals surface area contributed by atoms with Crippen molar-refractivity contribution < 1.29 is 24.1 Å². The second kappa shape index (κ2) is 16.0. The van der Waals surface area contributed by atoms with Gasteiger partial charge in [-0.1, -0.05) is 54.6 Å². The van der Waals surface area contributed by atoms with Crippen LogP contribution in [0.3, 0.4) is 0 Å². The van der Waals surface area contributed by atoms with Gasteiger partial charge in [-0.15, -0.1) is 0 Å². The van der Waals surface area contributed by atoms with Gasteiger partial charge in [-0.05, 0) is 105 Å². The summed E-state index contributed by atoms with van der Waals surface area (Å²) in [6, 6.07) is 32.7. The number of aliphatic hydroxyl groups excluding tert-OH is 1. The molecule has 0 aliphatic carbocycles. The van der Waals surface area contributed by atoms with Crippen molar-refractivity contribution in [3.05, 3.63) is 120 Å². The van der Waals surface area contributed by atoms with Crippen LogP contribution in [-0.2, 0) is 16.1 Å². The molecule has 256 valence electrons. The van der Waals surface area contributed by atoms with Crippen molar-refractivity contribution in [1.29, 1.82) is 0 Å². The third-order valence-corrected chi connectivity index (χ3v) is 9.73. The predicted molar refractivity (Wildman–Crippen MR) is 191 cm³/mol. The highest BCUT2D eigenvalue weighted by Crippen LogP contribution is 2.39. The number of rotatable bonds is 11. The molecule has 3 aliphatic rings. The van der Waals surface area contributed by atoms with Crippen LogP contribution in [0.1, 0.15) is 61.2 Å². The molecule has 9 heteroatoms. The van der Waals surface area contributed by atoms with Gasteiger partial charge >= 0.3 is 6.03 Å². The first-order chi connectivity index (χ1) is 24.1. The van der Waals surface area contributed by atoms with Crippen LogP contribution in [0.5, 0.6) is 11.5 Å². The maximum Gasteiger partial charge on any atom is 0.323 e. The van der Waals surface area contributed by atoms with Gasteiger partial charge in [0, 0.05) is 42.5 Å². The summed E-state index contributed by atoms with van der Waals surface area (Å²) < 4.78 is 19.2. The number of carbonyl (C=O) groups excluding carboxylic acids is 1. The number of para-hydroxylation sites is 1. The lowest BCUT2D eigenvalue weighted by molar-refractivity contribution is -0.253. The van der Waals surface area contributed by atoms with Gasteiger partial charge in [-0.3, -0.25) is 4.90 Å². The van der Waals surface area contributed by atoms with Gasteiger partial charge in [0.2, 0.25) is 0 Å². The van der Waals surface area contributed by atoms with Gasteiger partial charge in [0.25, 0.3) is 0 Å². The highest BCUT2D eigenvalue weighted by Gasteiger charge is 2.36. The fraction of sp³-hybridized carbons (Fsp3) is 0.375. The molecule has 0 aromatic heterocycles. The number of likely N-dealkylation sites (tertiary alicyclic amines) is 2. The lowest BCUT2D eigenvalue weighted by Crippen LogP contribution is -2.45. The second-order valence-corrected chi connectivity index (χ2v) is 13.3. The van der Waals surface area contributed by atoms with Crippen LogP contribution in [0, 0.1) is 0 Å². The molecule has 9 nitrogen and oxygen atoms in total. The summed E-state index contributed by atoms with van der Waals surface area (Å²) in [4.78, 5) is 18.2. The van der Waals surface area contributed by atoms with Crippen molar-refractivity contribution in [2.75, 3.05) is 43.4 Å². The van der Waals surface area contributed by atoms with Crippen LogP contribution in [0.15, 0.2) is 103 Å². The van der Waals surface area contributed by atoms with Crippen molar-refractivity contribution in [1.82, 2.24) is 9.80 Å². The number of carbonyl (C=O) groups is 1. The molecule has 0 spiro atoms. The van der Waals surface area contributed by atoms with E-state index in [4.69, 9.17) is 14.2 Å². The van der Waals surface area contributed by atoms with E-state index in [-0.39, 0.29) is 24.8 Å². The zero-order valence-corrected chi connectivity index (χ0v) is 27.9. The van der Waals surface area contributed by atoms with Gasteiger partial charge in [-0.2, -0.15) is 0 Å². The Morgan fingerprint density at radius 1 is 0.755 bits per heavy atom. The summed E-state index contributed by atoms with van der Waals surface area (Å²) in [5.41, 5.74) is 4.08. The van der Waals surface area contributed by atoms with Crippen LogP contribution >= 0.6 is 0 Å². The van der Waals surface area contributed by atoms with E-state index >= 15 is 0 Å². The molecule has 7 rings (SSSR count). The van der Waals surface area contributed by atoms with Crippen LogP contribution in [0.2, 0.25) is 0 Å². The number of nitrogens with zero attached hydrogens (tertiary/aromatic N) is 2. The van der Waals surface area contributed by atoms with E-state index in [2.05, 4.69) is 20.4 Å². The Morgan fingerprint density at radius 2 is 1.51 bits per heavy atom. The molecule has 3 heterocycles. The number of urea groups is 1. The summed E-state index contributed by atoms with van der Waals surface area (Å²) in [7, 11) is 0. The fourth-order valence-electron chi connectivity index (χ4n) is 7.19. The maximum atomic E-state index is 13.0. The van der Waals surface area contributed by atoms with Gasteiger partial charge in [0.1, 0.15) is 11.5 Å². The molecule has 49 heavy (non-hydrogen) atoms. The molecule has 3 N–H and O–H groups in total. The lowest BCUT2D eigenvalue weighted by Gasteiger charge is -2.39. The molecule has 0 unspecified atom stereocenters. The van der Waals surface area contributed by atoms with Gasteiger partial charge in [0.15, 0.2) is 6.29 Å². The van der Waals surface area contributed by atoms with Gasteiger partial charge in [0.05, 0.1) is 18.8 Å². The number of aliphatic hydroxyl groups is 1. The van der Waals surface area contributed by atoms with Crippen LogP contribution < -0.4 is 15.4 Å². The highest BCUT2D eigenvalue weighted by molar-refractivity contribution is 5.99. The van der Waals surface area contributed by atoms with Crippen molar-refractivity contribution in [3.8, 4) is 11.5 Å². The third kappa shape index (κ3) is 8.86. The first-order valence-electron chi connectivity index (χ1n) is 17.6. The number of hydrogen-bond donors (Lipinski definition) is 3. The number of ether oxygens (including phenoxy) is 3. The van der Waals surface area contributed by atoms with E-state index in [0.29, 0.717) is 23.2 Å². The van der Waals surface area contributed by atoms with Gasteiger partial charge < -0.3 is 34.9 Å². The molecule has 2 amide bonds. The monoisotopic (exact) mass is 662 g/mol. The molecule has 0 radical (unpaired) electrons. The van der Waals surface area contributed by atoms with Crippen molar-refractivity contribution in [3.63, 3.8) is 0 Å². The lowest BCUT2D eigenvalue weighted by atomic mass is 9.99. The standard InChI is InChI=1S/C40H46N4O5/c45-28-29-13-15-30(16-14-29)38-25-37(27-44-23-7-10-34(44)26-43-21-4-5-22-43)48-39(49-38)31-8-6-9-33(24-31)42-40(46)41-32-17-19-36(20-18-32)47-35-11-2-1-3-12-35/h1-3,6,8-9,11-20,24,34,37-39,45H,4-5,7,10,21-23,25-28H2,(H2,41,42,46)/t34-,37-,38+,39+/m0/s1. The number of benzene rings is 4. The predicted octanol–water partition coefficient (Wildman–Crippen LogP) is 7.72. The first kappa shape index (κ1) is 33.3. The van der Waals surface area contributed by atoms with E-state index in [1.54, 1.807) is 12.1 Å². The molecule has 3 fully saturated rings.